The minimum atomic E-state index is -0.482. The summed E-state index contributed by atoms with van der Waals surface area (Å²) in [5.41, 5.74) is 1.81. The highest BCUT2D eigenvalue weighted by Gasteiger charge is 2.15. The first-order valence-corrected chi connectivity index (χ1v) is 9.83. The molecule has 0 radical (unpaired) electrons. The quantitative estimate of drug-likeness (QED) is 0.321. The fourth-order valence-corrected chi connectivity index (χ4v) is 2.87. The van der Waals surface area contributed by atoms with E-state index in [2.05, 4.69) is 25.9 Å². The molecule has 2 rings (SSSR count). The van der Waals surface area contributed by atoms with E-state index in [1.165, 1.54) is 5.56 Å². The van der Waals surface area contributed by atoms with Crippen molar-refractivity contribution in [3.63, 3.8) is 0 Å². The number of carbonyl (C=O) groups excluding carboxylic acids is 1. The molecule has 7 nitrogen and oxygen atoms in total. The second kappa shape index (κ2) is 10.2. The van der Waals surface area contributed by atoms with Crippen molar-refractivity contribution in [1.82, 2.24) is 20.9 Å². The lowest BCUT2D eigenvalue weighted by Crippen LogP contribution is -2.40. The van der Waals surface area contributed by atoms with Crippen LogP contribution in [0.15, 0.2) is 29.4 Å². The summed E-state index contributed by atoms with van der Waals surface area (Å²) in [7, 11) is 1.74. The van der Waals surface area contributed by atoms with Gasteiger partial charge in [-0.1, -0.05) is 11.6 Å². The van der Waals surface area contributed by atoms with Gasteiger partial charge >= 0.3 is 6.09 Å². The van der Waals surface area contributed by atoms with Gasteiger partial charge in [-0.3, -0.25) is 4.99 Å². The number of ether oxygens (including phenoxy) is 1. The topological polar surface area (TPSA) is 90.5 Å². The molecule has 154 valence electrons. The Bertz CT molecular complexity index is 811. The predicted molar refractivity (Wildman–Crippen MR) is 115 cm³/mol. The van der Waals surface area contributed by atoms with E-state index in [-0.39, 0.29) is 0 Å². The van der Waals surface area contributed by atoms with Crippen molar-refractivity contribution < 1.29 is 9.53 Å². The highest BCUT2D eigenvalue weighted by Crippen LogP contribution is 2.22. The summed E-state index contributed by atoms with van der Waals surface area (Å²) in [5, 5.41) is 11.2. The van der Waals surface area contributed by atoms with Crippen molar-refractivity contribution in [3.8, 4) is 0 Å². The van der Waals surface area contributed by atoms with Crippen molar-refractivity contribution in [2.75, 3.05) is 26.7 Å². The Hall–Kier alpha value is -2.41. The van der Waals surface area contributed by atoms with Gasteiger partial charge in [-0.05, 0) is 57.4 Å². The van der Waals surface area contributed by atoms with Crippen LogP contribution in [-0.2, 0) is 11.2 Å². The maximum atomic E-state index is 11.6. The fraction of sp³-hybridized carbons (Fsp3) is 0.500. The average molecular weight is 408 g/mol. The number of nitrogens with one attached hydrogen (secondary N) is 4. The van der Waals surface area contributed by atoms with Gasteiger partial charge in [0.05, 0.1) is 0 Å². The molecule has 0 spiro atoms. The number of rotatable bonds is 7. The molecule has 0 fully saturated rings. The van der Waals surface area contributed by atoms with Gasteiger partial charge in [-0.25, -0.2) is 4.79 Å². The Morgan fingerprint density at radius 2 is 1.89 bits per heavy atom. The van der Waals surface area contributed by atoms with E-state index in [4.69, 9.17) is 16.3 Å². The van der Waals surface area contributed by atoms with E-state index < -0.39 is 11.7 Å². The third-order valence-corrected chi connectivity index (χ3v) is 4.19. The van der Waals surface area contributed by atoms with Crippen molar-refractivity contribution in [3.05, 3.63) is 35.0 Å². The molecule has 0 aliphatic heterocycles. The van der Waals surface area contributed by atoms with Gasteiger partial charge in [0.25, 0.3) is 0 Å². The molecule has 0 unspecified atom stereocenters. The number of benzene rings is 1. The van der Waals surface area contributed by atoms with Crippen molar-refractivity contribution in [2.45, 2.75) is 39.2 Å². The van der Waals surface area contributed by atoms with Crippen LogP contribution in [0.1, 0.15) is 32.8 Å². The molecule has 4 N–H and O–H groups in total. The second-order valence-corrected chi connectivity index (χ2v) is 7.90. The summed E-state index contributed by atoms with van der Waals surface area (Å²) in [6.45, 7) is 7.50. The van der Waals surface area contributed by atoms with E-state index >= 15 is 0 Å². The van der Waals surface area contributed by atoms with E-state index in [0.29, 0.717) is 13.1 Å². The maximum Gasteiger partial charge on any atom is 0.407 e. The highest BCUT2D eigenvalue weighted by molar-refractivity contribution is 6.31. The molecule has 1 amide bonds. The van der Waals surface area contributed by atoms with Crippen LogP contribution < -0.4 is 16.0 Å². The van der Waals surface area contributed by atoms with Crippen molar-refractivity contribution in [2.24, 2.45) is 4.99 Å². The molecular weight excluding hydrogens is 378 g/mol. The van der Waals surface area contributed by atoms with Gasteiger partial charge in [-0.2, -0.15) is 0 Å². The second-order valence-electron chi connectivity index (χ2n) is 7.46. The molecule has 8 heteroatoms. The van der Waals surface area contributed by atoms with Crippen LogP contribution in [-0.4, -0.2) is 49.3 Å². The molecule has 0 saturated carbocycles. The van der Waals surface area contributed by atoms with Crippen molar-refractivity contribution in [1.29, 1.82) is 0 Å². The van der Waals surface area contributed by atoms with Gasteiger partial charge in [0.15, 0.2) is 5.96 Å². The summed E-state index contributed by atoms with van der Waals surface area (Å²) in [5.74, 6) is 0.732. The summed E-state index contributed by atoms with van der Waals surface area (Å²) < 4.78 is 5.20. The van der Waals surface area contributed by atoms with Crippen LogP contribution in [0.3, 0.4) is 0 Å². The predicted octanol–water partition coefficient (Wildman–Crippen LogP) is 3.44. The van der Waals surface area contributed by atoms with Crippen molar-refractivity contribution >= 4 is 34.6 Å². The van der Waals surface area contributed by atoms with E-state index in [9.17, 15) is 4.79 Å². The van der Waals surface area contributed by atoms with Crippen LogP contribution in [0.4, 0.5) is 4.79 Å². The Morgan fingerprint density at radius 3 is 2.61 bits per heavy atom. The van der Waals surface area contributed by atoms with Gasteiger partial charge < -0.3 is 25.7 Å². The molecule has 0 aliphatic carbocycles. The number of aliphatic imine (C=N–C) groups is 1. The van der Waals surface area contributed by atoms with Gasteiger partial charge in [0, 0.05) is 48.8 Å². The van der Waals surface area contributed by atoms with E-state index in [0.717, 1.165) is 41.3 Å². The molecule has 1 heterocycles. The zero-order valence-electron chi connectivity index (χ0n) is 17.0. The standard InChI is InChI=1S/C20H30ClN5O2/c1-20(2,3)28-19(27)25-10-5-9-23-18(22-4)24-11-8-14-13-26-17-7-6-15(21)12-16(14)17/h6-7,12-13,26H,5,8-11H2,1-4H3,(H,25,27)(H2,22,23,24). The number of H-pyrrole nitrogens is 1. The molecule has 28 heavy (non-hydrogen) atoms. The minimum absolute atomic E-state index is 0.395. The van der Waals surface area contributed by atoms with Crippen LogP contribution in [0.2, 0.25) is 5.02 Å². The number of carbonyl (C=O) groups is 1. The zero-order valence-corrected chi connectivity index (χ0v) is 17.7. The Kier molecular flexibility index (Phi) is 7.99. The van der Waals surface area contributed by atoms with Crippen LogP contribution in [0.25, 0.3) is 10.9 Å². The summed E-state index contributed by atoms with van der Waals surface area (Å²) in [4.78, 5) is 19.1. The smallest absolute Gasteiger partial charge is 0.407 e. The molecular formula is C20H30ClN5O2. The molecule has 1 aromatic carbocycles. The monoisotopic (exact) mass is 407 g/mol. The number of hydrogen-bond donors (Lipinski definition) is 4. The third kappa shape index (κ3) is 7.31. The molecule has 2 aromatic rings. The van der Waals surface area contributed by atoms with Crippen LogP contribution in [0.5, 0.6) is 0 Å². The first-order valence-electron chi connectivity index (χ1n) is 9.45. The summed E-state index contributed by atoms with van der Waals surface area (Å²) >= 11 is 6.10. The Balaban J connectivity index is 1.66. The third-order valence-electron chi connectivity index (χ3n) is 3.95. The fourth-order valence-electron chi connectivity index (χ4n) is 2.69. The Morgan fingerprint density at radius 1 is 1.18 bits per heavy atom. The number of alkyl carbamates (subject to hydrolysis) is 1. The summed E-state index contributed by atoms with van der Waals surface area (Å²) in [6, 6.07) is 5.85. The maximum absolute atomic E-state index is 11.6. The van der Waals surface area contributed by atoms with Crippen LogP contribution >= 0.6 is 11.6 Å². The molecule has 0 atom stereocenters. The zero-order chi connectivity index (χ0) is 20.6. The number of amides is 1. The number of nitrogens with zero attached hydrogens (tertiary/aromatic N) is 1. The number of guanidine groups is 1. The van der Waals surface area contributed by atoms with E-state index in [1.807, 2.05) is 45.2 Å². The van der Waals surface area contributed by atoms with Gasteiger partial charge in [0.1, 0.15) is 5.60 Å². The Labute approximate surface area is 171 Å². The molecule has 0 bridgehead atoms. The van der Waals surface area contributed by atoms with Gasteiger partial charge in [-0.15, -0.1) is 0 Å². The van der Waals surface area contributed by atoms with Gasteiger partial charge in [0.2, 0.25) is 0 Å². The minimum Gasteiger partial charge on any atom is -0.444 e. The number of aromatic nitrogens is 1. The summed E-state index contributed by atoms with van der Waals surface area (Å²) in [6.07, 6.45) is 3.23. The SMILES string of the molecule is CN=C(NCCCNC(=O)OC(C)(C)C)NCCc1c[nH]c2ccc(Cl)cc12. The molecule has 0 aliphatic rings. The molecule has 1 aromatic heterocycles. The lowest BCUT2D eigenvalue weighted by atomic mass is 10.1. The normalized spacial score (nSPS) is 12.1. The average Bonchev–Trinajstić information content (AvgIpc) is 3.00. The highest BCUT2D eigenvalue weighted by atomic mass is 35.5. The number of hydrogen-bond acceptors (Lipinski definition) is 3. The largest absolute Gasteiger partial charge is 0.444 e. The van der Waals surface area contributed by atoms with E-state index in [1.54, 1.807) is 7.05 Å². The lowest BCUT2D eigenvalue weighted by molar-refractivity contribution is 0.0527. The lowest BCUT2D eigenvalue weighted by Gasteiger charge is -2.19. The first-order chi connectivity index (χ1) is 13.3. The first kappa shape index (κ1) is 21.9. The molecule has 0 saturated heterocycles. The van der Waals surface area contributed by atoms with Crippen LogP contribution in [0, 0.1) is 0 Å². The number of fused-ring (bicyclic) bond motifs is 1. The number of halogens is 1. The number of aromatic amines is 1.